The van der Waals surface area contributed by atoms with Crippen LogP contribution in [0.25, 0.3) is 5.70 Å². The molecule has 7 nitrogen and oxygen atoms in total. The molecule has 0 bridgehead atoms. The fourth-order valence-electron chi connectivity index (χ4n) is 3.64. The van der Waals surface area contributed by atoms with E-state index in [-0.39, 0.29) is 11.7 Å². The number of allylic oxidation sites excluding steroid dienone is 1. The van der Waals surface area contributed by atoms with Crippen molar-refractivity contribution in [3.05, 3.63) is 66.9 Å². The lowest BCUT2D eigenvalue weighted by atomic mass is 9.96. The van der Waals surface area contributed by atoms with Gasteiger partial charge in [-0.15, -0.1) is 0 Å². The van der Waals surface area contributed by atoms with E-state index in [0.29, 0.717) is 41.7 Å². The molecule has 0 aromatic carbocycles. The summed E-state index contributed by atoms with van der Waals surface area (Å²) in [5.74, 6) is 1.06. The Kier molecular flexibility index (Phi) is 6.93. The number of aliphatic imine (C=N–C) groups is 1. The van der Waals surface area contributed by atoms with Crippen LogP contribution in [0.4, 0.5) is 19.0 Å². The fraction of sp³-hybridized carbons (Fsp3) is 0.364. The fourth-order valence-corrected chi connectivity index (χ4v) is 3.64. The molecule has 4 N–H and O–H groups in total. The number of hydrazine groups is 1. The Balaban J connectivity index is 1.95. The van der Waals surface area contributed by atoms with Gasteiger partial charge in [-0.2, -0.15) is 13.2 Å². The van der Waals surface area contributed by atoms with Crippen LogP contribution in [0.3, 0.4) is 0 Å². The van der Waals surface area contributed by atoms with E-state index in [2.05, 4.69) is 40.5 Å². The monoisotopic (exact) mass is 447 g/mol. The van der Waals surface area contributed by atoms with Crippen LogP contribution in [0.15, 0.2) is 60.7 Å². The zero-order valence-electron chi connectivity index (χ0n) is 18.0. The summed E-state index contributed by atoms with van der Waals surface area (Å²) >= 11 is 0. The van der Waals surface area contributed by atoms with Crippen molar-refractivity contribution in [1.82, 2.24) is 20.7 Å². The van der Waals surface area contributed by atoms with Gasteiger partial charge in [0.15, 0.2) is 0 Å². The standard InChI is InChI=1S/C22H28F3N7/c1-14(27-13-22(23,24)25)19-8-6-17-5-7-18(9-11-26)32(21(17)30-19)16(3)29-20-10-12-28-31(4)15(20)2/h6,8,10,12,18,27-28H,1-3,5,7,9,11,13,26H2,4H3/t18-/m1/s1. The minimum atomic E-state index is -4.35. The molecule has 0 unspecified atom stereocenters. The molecule has 172 valence electrons. The molecular weight excluding hydrogens is 419 g/mol. The van der Waals surface area contributed by atoms with Crippen molar-refractivity contribution in [3.63, 3.8) is 0 Å². The van der Waals surface area contributed by atoms with Crippen molar-refractivity contribution in [3.8, 4) is 0 Å². The van der Waals surface area contributed by atoms with Crippen LogP contribution in [0.5, 0.6) is 0 Å². The highest BCUT2D eigenvalue weighted by atomic mass is 19.4. The highest BCUT2D eigenvalue weighted by Gasteiger charge is 2.31. The maximum Gasteiger partial charge on any atom is 0.405 e. The van der Waals surface area contributed by atoms with Gasteiger partial charge in [0.25, 0.3) is 0 Å². The van der Waals surface area contributed by atoms with Gasteiger partial charge in [0.2, 0.25) is 0 Å². The van der Waals surface area contributed by atoms with Crippen molar-refractivity contribution in [2.24, 2.45) is 10.7 Å². The Hall–Kier alpha value is -3.27. The Morgan fingerprint density at radius 1 is 1.38 bits per heavy atom. The normalized spacial score (nSPS) is 19.6. The summed E-state index contributed by atoms with van der Waals surface area (Å²) in [7, 11) is 1.82. The van der Waals surface area contributed by atoms with E-state index in [1.807, 2.05) is 18.0 Å². The maximum atomic E-state index is 12.6. The van der Waals surface area contributed by atoms with E-state index in [0.717, 1.165) is 18.4 Å². The molecule has 32 heavy (non-hydrogen) atoms. The van der Waals surface area contributed by atoms with Crippen LogP contribution in [0.2, 0.25) is 0 Å². The smallest absolute Gasteiger partial charge is 0.375 e. The second kappa shape index (κ2) is 9.47. The van der Waals surface area contributed by atoms with Gasteiger partial charge < -0.3 is 21.4 Å². The van der Waals surface area contributed by atoms with E-state index in [9.17, 15) is 13.2 Å². The topological polar surface area (TPSA) is 81.8 Å². The third-order valence-corrected chi connectivity index (χ3v) is 5.35. The molecule has 0 spiro atoms. The van der Waals surface area contributed by atoms with E-state index in [4.69, 9.17) is 5.73 Å². The number of nitrogens with one attached hydrogen (secondary N) is 2. The van der Waals surface area contributed by atoms with Crippen LogP contribution in [-0.4, -0.2) is 48.1 Å². The summed E-state index contributed by atoms with van der Waals surface area (Å²) in [4.78, 5) is 11.2. The molecule has 1 atom stereocenters. The number of rotatable bonds is 7. The maximum absolute atomic E-state index is 12.6. The number of halogens is 3. The largest absolute Gasteiger partial charge is 0.405 e. The third-order valence-electron chi connectivity index (χ3n) is 5.35. The highest BCUT2D eigenvalue weighted by molar-refractivity contribution is 6.08. The number of nitrogens with zero attached hydrogens (tertiary/aromatic N) is 4. The second-order valence-electron chi connectivity index (χ2n) is 7.65. The average Bonchev–Trinajstić information content (AvgIpc) is 2.74. The average molecular weight is 448 g/mol. The van der Waals surface area contributed by atoms with Gasteiger partial charge in [-0.3, -0.25) is 5.01 Å². The van der Waals surface area contributed by atoms with Gasteiger partial charge in [0.1, 0.15) is 18.2 Å². The SMILES string of the molecule is C=C(NCC(F)(F)F)c1ccc2c(n1)N(C(=C)N=C1C=CNN(C)C1=C)[C@@H](CCN)CC2. The summed E-state index contributed by atoms with van der Waals surface area (Å²) in [5, 5.41) is 4.04. The van der Waals surface area contributed by atoms with Crippen molar-refractivity contribution >= 4 is 17.2 Å². The highest BCUT2D eigenvalue weighted by Crippen LogP contribution is 2.34. The molecular formula is C22H28F3N7. The quantitative estimate of drug-likeness (QED) is 0.596. The van der Waals surface area contributed by atoms with Crippen LogP contribution in [0.1, 0.15) is 24.1 Å². The first kappa shape index (κ1) is 23.4. The van der Waals surface area contributed by atoms with Crippen molar-refractivity contribution in [2.45, 2.75) is 31.5 Å². The van der Waals surface area contributed by atoms with Gasteiger partial charge in [0.05, 0.1) is 22.8 Å². The predicted octanol–water partition coefficient (Wildman–Crippen LogP) is 3.06. The van der Waals surface area contributed by atoms with Crippen LogP contribution in [-0.2, 0) is 6.42 Å². The second-order valence-corrected chi connectivity index (χ2v) is 7.65. The third kappa shape index (κ3) is 5.31. The minimum absolute atomic E-state index is 0.0141. The van der Waals surface area contributed by atoms with Crippen molar-refractivity contribution in [2.75, 3.05) is 25.0 Å². The first-order chi connectivity index (χ1) is 15.1. The lowest BCUT2D eigenvalue weighted by molar-refractivity contribution is -0.122. The number of fused-ring (bicyclic) bond motifs is 1. The Morgan fingerprint density at radius 2 is 2.12 bits per heavy atom. The number of hydrogen-bond donors (Lipinski definition) is 3. The van der Waals surface area contributed by atoms with E-state index in [1.165, 1.54) is 0 Å². The van der Waals surface area contributed by atoms with Gasteiger partial charge >= 0.3 is 6.18 Å². The van der Waals surface area contributed by atoms with Crippen LogP contribution in [0, 0.1) is 0 Å². The Labute approximate surface area is 185 Å². The van der Waals surface area contributed by atoms with Crippen LogP contribution >= 0.6 is 0 Å². The van der Waals surface area contributed by atoms with Gasteiger partial charge in [-0.05, 0) is 43.5 Å². The molecule has 0 saturated carbocycles. The summed E-state index contributed by atoms with van der Waals surface area (Å²) < 4.78 is 37.8. The minimum Gasteiger partial charge on any atom is -0.375 e. The molecule has 3 heterocycles. The predicted molar refractivity (Wildman–Crippen MR) is 121 cm³/mol. The van der Waals surface area contributed by atoms with Crippen molar-refractivity contribution < 1.29 is 13.2 Å². The van der Waals surface area contributed by atoms with Gasteiger partial charge in [0, 0.05) is 19.3 Å². The first-order valence-electron chi connectivity index (χ1n) is 10.2. The van der Waals surface area contributed by atoms with Gasteiger partial charge in [-0.25, -0.2) is 9.98 Å². The lowest BCUT2D eigenvalue weighted by Crippen LogP contribution is -2.41. The Morgan fingerprint density at radius 3 is 2.81 bits per heavy atom. The zero-order chi connectivity index (χ0) is 23.5. The number of aryl methyl sites for hydroxylation is 1. The zero-order valence-corrected chi connectivity index (χ0v) is 18.0. The summed E-state index contributed by atoms with van der Waals surface area (Å²) in [6, 6.07) is 3.55. The molecule has 3 rings (SSSR count). The molecule has 2 aliphatic rings. The molecule has 0 amide bonds. The summed E-state index contributed by atoms with van der Waals surface area (Å²) in [5.41, 5.74) is 11.6. The summed E-state index contributed by atoms with van der Waals surface area (Å²) in [6.07, 6.45) is 1.49. The first-order valence-corrected chi connectivity index (χ1v) is 10.2. The lowest BCUT2D eigenvalue weighted by Gasteiger charge is -2.38. The number of pyridine rings is 1. The molecule has 1 aromatic heterocycles. The van der Waals surface area contributed by atoms with Crippen molar-refractivity contribution in [1.29, 1.82) is 0 Å². The summed E-state index contributed by atoms with van der Waals surface area (Å²) in [6.45, 7) is 11.2. The van der Waals surface area contributed by atoms with E-state index < -0.39 is 12.7 Å². The molecule has 0 fully saturated rings. The molecule has 0 aliphatic carbocycles. The van der Waals surface area contributed by atoms with Gasteiger partial charge in [-0.1, -0.05) is 25.8 Å². The number of anilines is 1. The molecule has 2 aliphatic heterocycles. The molecule has 0 radical (unpaired) electrons. The molecule has 10 heteroatoms. The van der Waals surface area contributed by atoms with E-state index >= 15 is 0 Å². The molecule has 1 aromatic rings. The molecule has 0 saturated heterocycles. The number of hydrogen-bond acceptors (Lipinski definition) is 7. The number of aromatic nitrogens is 1. The Bertz CT molecular complexity index is 965. The number of alkyl halides is 3. The van der Waals surface area contributed by atoms with E-state index in [1.54, 1.807) is 23.4 Å². The number of nitrogens with two attached hydrogens (primary N) is 1. The van der Waals surface area contributed by atoms with Crippen LogP contribution < -0.4 is 21.4 Å².